The summed E-state index contributed by atoms with van der Waals surface area (Å²) in [5.74, 6) is -0.382. The summed E-state index contributed by atoms with van der Waals surface area (Å²) in [6, 6.07) is 13.5. The Morgan fingerprint density at radius 3 is 2.57 bits per heavy atom. The number of H-pyrrole nitrogens is 1. The van der Waals surface area contributed by atoms with Crippen LogP contribution in [0.1, 0.15) is 15.4 Å². The Balaban J connectivity index is 1.35. The minimum absolute atomic E-state index is 0.172. The van der Waals surface area contributed by atoms with E-state index >= 15 is 0 Å². The average molecular weight is 398 g/mol. The number of nitrogens with zero attached hydrogens (tertiary/aromatic N) is 3. The van der Waals surface area contributed by atoms with Crippen molar-refractivity contribution < 1.29 is 9.18 Å². The summed E-state index contributed by atoms with van der Waals surface area (Å²) < 4.78 is 14.0. The molecule has 6 nitrogen and oxygen atoms in total. The Hall–Kier alpha value is -2.84. The Kier molecular flexibility index (Phi) is 5.31. The Morgan fingerprint density at radius 2 is 1.86 bits per heavy atom. The van der Waals surface area contributed by atoms with Crippen LogP contribution in [0.25, 0.3) is 10.4 Å². The molecule has 1 aliphatic rings. The van der Waals surface area contributed by atoms with E-state index in [9.17, 15) is 14.0 Å². The second kappa shape index (κ2) is 8.04. The molecule has 0 unspecified atom stereocenters. The number of rotatable bonds is 4. The molecule has 28 heavy (non-hydrogen) atoms. The minimum Gasteiger partial charge on any atom is -0.335 e. The first kappa shape index (κ1) is 18.5. The zero-order valence-electron chi connectivity index (χ0n) is 15.1. The fraction of sp³-hybridized carbons (Fsp3) is 0.250. The van der Waals surface area contributed by atoms with Gasteiger partial charge in [0, 0.05) is 54.1 Å². The van der Waals surface area contributed by atoms with Gasteiger partial charge in [-0.1, -0.05) is 18.2 Å². The fourth-order valence-corrected chi connectivity index (χ4v) is 4.30. The summed E-state index contributed by atoms with van der Waals surface area (Å²) in [4.78, 5) is 29.7. The molecule has 1 N–H and O–H groups in total. The number of aromatic nitrogens is 2. The van der Waals surface area contributed by atoms with Gasteiger partial charge in [-0.05, 0) is 24.3 Å². The molecule has 3 heterocycles. The quantitative estimate of drug-likeness (QED) is 0.734. The smallest absolute Gasteiger partial charge is 0.274 e. The van der Waals surface area contributed by atoms with Gasteiger partial charge in [0.05, 0.1) is 0 Å². The molecular formula is C20H19FN4O2S. The predicted molar refractivity (Wildman–Crippen MR) is 106 cm³/mol. The topological polar surface area (TPSA) is 69.3 Å². The highest BCUT2D eigenvalue weighted by Crippen LogP contribution is 2.30. The first-order chi connectivity index (χ1) is 13.6. The summed E-state index contributed by atoms with van der Waals surface area (Å²) in [5.41, 5.74) is 0.551. The van der Waals surface area contributed by atoms with Gasteiger partial charge in [0.1, 0.15) is 11.5 Å². The number of piperazine rings is 1. The molecule has 1 amide bonds. The maximum absolute atomic E-state index is 14.0. The highest BCUT2D eigenvalue weighted by Gasteiger charge is 2.23. The van der Waals surface area contributed by atoms with Crippen molar-refractivity contribution in [3.63, 3.8) is 0 Å². The summed E-state index contributed by atoms with van der Waals surface area (Å²) >= 11 is 1.59. The first-order valence-corrected chi connectivity index (χ1v) is 9.83. The number of carbonyl (C=O) groups is 1. The predicted octanol–water partition coefficient (Wildman–Crippen LogP) is 2.60. The largest absolute Gasteiger partial charge is 0.335 e. The van der Waals surface area contributed by atoms with Crippen molar-refractivity contribution in [2.75, 3.05) is 26.2 Å². The van der Waals surface area contributed by atoms with Crippen LogP contribution >= 0.6 is 11.3 Å². The zero-order chi connectivity index (χ0) is 19.5. The van der Waals surface area contributed by atoms with E-state index in [1.165, 1.54) is 23.1 Å². The van der Waals surface area contributed by atoms with Gasteiger partial charge in [-0.3, -0.25) is 14.5 Å². The molecule has 1 aliphatic heterocycles. The van der Waals surface area contributed by atoms with Crippen molar-refractivity contribution in [2.24, 2.45) is 0 Å². The molecule has 0 bridgehead atoms. The third-order valence-electron chi connectivity index (χ3n) is 4.74. The number of benzene rings is 1. The van der Waals surface area contributed by atoms with Crippen LogP contribution in [-0.4, -0.2) is 52.1 Å². The SMILES string of the molecule is O=C(c1ccc(=O)[nH]n1)N1CCN(Cc2ccc(-c3ccccc3F)s2)CC1. The van der Waals surface area contributed by atoms with Crippen molar-refractivity contribution in [3.05, 3.63) is 75.3 Å². The van der Waals surface area contributed by atoms with Gasteiger partial charge in [-0.15, -0.1) is 11.3 Å². The normalized spacial score (nSPS) is 15.0. The third kappa shape index (κ3) is 4.02. The van der Waals surface area contributed by atoms with E-state index in [1.54, 1.807) is 28.4 Å². The van der Waals surface area contributed by atoms with Crippen LogP contribution in [0.5, 0.6) is 0 Å². The van der Waals surface area contributed by atoms with E-state index in [0.29, 0.717) is 18.7 Å². The standard InChI is InChI=1S/C20H19FN4O2S/c21-16-4-2-1-3-15(16)18-7-5-14(28-18)13-24-9-11-25(12-10-24)20(27)17-6-8-19(26)23-22-17/h1-8H,9-13H2,(H,23,26). The summed E-state index contributed by atoms with van der Waals surface area (Å²) in [7, 11) is 0. The number of hydrogen-bond donors (Lipinski definition) is 1. The molecule has 3 aromatic rings. The molecule has 2 aromatic heterocycles. The Morgan fingerprint density at radius 1 is 1.07 bits per heavy atom. The number of aromatic amines is 1. The van der Waals surface area contributed by atoms with Crippen LogP contribution in [0.3, 0.4) is 0 Å². The number of thiophene rings is 1. The fourth-order valence-electron chi connectivity index (χ4n) is 3.22. The van der Waals surface area contributed by atoms with Crippen LogP contribution in [0, 0.1) is 5.82 Å². The molecule has 8 heteroatoms. The molecule has 0 atom stereocenters. The van der Waals surface area contributed by atoms with Crippen LogP contribution < -0.4 is 5.56 Å². The van der Waals surface area contributed by atoms with Crippen molar-refractivity contribution in [1.29, 1.82) is 0 Å². The number of amides is 1. The van der Waals surface area contributed by atoms with E-state index in [1.807, 2.05) is 18.2 Å². The Labute approximate surface area is 165 Å². The maximum Gasteiger partial charge on any atom is 0.274 e. The highest BCUT2D eigenvalue weighted by molar-refractivity contribution is 7.15. The van der Waals surface area contributed by atoms with Gasteiger partial charge in [-0.2, -0.15) is 5.10 Å². The molecular weight excluding hydrogens is 379 g/mol. The number of hydrogen-bond acceptors (Lipinski definition) is 5. The molecule has 0 spiro atoms. The lowest BCUT2D eigenvalue weighted by atomic mass is 10.2. The van der Waals surface area contributed by atoms with E-state index in [0.717, 1.165) is 24.5 Å². The van der Waals surface area contributed by atoms with E-state index in [2.05, 4.69) is 15.1 Å². The summed E-state index contributed by atoms with van der Waals surface area (Å²) in [6.07, 6.45) is 0. The Bertz CT molecular complexity index is 1020. The maximum atomic E-state index is 14.0. The van der Waals surface area contributed by atoms with Crippen molar-refractivity contribution >= 4 is 17.2 Å². The minimum atomic E-state index is -0.327. The second-order valence-electron chi connectivity index (χ2n) is 6.62. The second-order valence-corrected chi connectivity index (χ2v) is 7.79. The van der Waals surface area contributed by atoms with Gasteiger partial charge in [0.25, 0.3) is 11.5 Å². The van der Waals surface area contributed by atoms with Gasteiger partial charge in [0.2, 0.25) is 0 Å². The van der Waals surface area contributed by atoms with Crippen molar-refractivity contribution in [1.82, 2.24) is 20.0 Å². The van der Waals surface area contributed by atoms with Gasteiger partial charge in [-0.25, -0.2) is 9.49 Å². The number of carbonyl (C=O) groups excluding carboxylic acids is 1. The van der Waals surface area contributed by atoms with Crippen LogP contribution in [0.2, 0.25) is 0 Å². The third-order valence-corrected chi connectivity index (χ3v) is 5.84. The van der Waals surface area contributed by atoms with E-state index in [-0.39, 0.29) is 23.0 Å². The van der Waals surface area contributed by atoms with Crippen LogP contribution in [0.4, 0.5) is 4.39 Å². The lowest BCUT2D eigenvalue weighted by Crippen LogP contribution is -2.48. The average Bonchev–Trinajstić information content (AvgIpc) is 3.17. The zero-order valence-corrected chi connectivity index (χ0v) is 15.9. The molecule has 144 valence electrons. The van der Waals surface area contributed by atoms with Crippen molar-refractivity contribution in [2.45, 2.75) is 6.54 Å². The molecule has 0 saturated carbocycles. The van der Waals surface area contributed by atoms with Crippen LogP contribution in [0.15, 0.2) is 53.3 Å². The molecule has 4 rings (SSSR count). The van der Waals surface area contributed by atoms with E-state index < -0.39 is 0 Å². The monoisotopic (exact) mass is 398 g/mol. The summed E-state index contributed by atoms with van der Waals surface area (Å²) in [5, 5.41) is 6.10. The van der Waals surface area contributed by atoms with Gasteiger partial charge in [0.15, 0.2) is 0 Å². The molecule has 1 fully saturated rings. The molecule has 0 radical (unpaired) electrons. The molecule has 1 saturated heterocycles. The van der Waals surface area contributed by atoms with Gasteiger partial charge < -0.3 is 4.90 Å². The molecule has 1 aromatic carbocycles. The number of halogens is 1. The first-order valence-electron chi connectivity index (χ1n) is 9.01. The van der Waals surface area contributed by atoms with E-state index in [4.69, 9.17) is 0 Å². The molecule has 0 aliphatic carbocycles. The highest BCUT2D eigenvalue weighted by atomic mass is 32.1. The van der Waals surface area contributed by atoms with Crippen molar-refractivity contribution in [3.8, 4) is 10.4 Å². The van der Waals surface area contributed by atoms with Crippen LogP contribution in [-0.2, 0) is 6.54 Å². The van der Waals surface area contributed by atoms with Gasteiger partial charge >= 0.3 is 0 Å². The number of nitrogens with one attached hydrogen (secondary N) is 1. The lowest BCUT2D eigenvalue weighted by Gasteiger charge is -2.34. The lowest BCUT2D eigenvalue weighted by molar-refractivity contribution is 0.0622. The summed E-state index contributed by atoms with van der Waals surface area (Å²) in [6.45, 7) is 3.48.